The number of thiazole rings is 1. The maximum atomic E-state index is 13.5. The Kier molecular flexibility index (Phi) is 7.53. The first kappa shape index (κ1) is 20.3. The minimum absolute atomic E-state index is 0.0386. The van der Waals surface area contributed by atoms with Crippen molar-refractivity contribution in [2.24, 2.45) is 4.99 Å². The molecule has 142 valence electrons. The highest BCUT2D eigenvalue weighted by atomic mass is 32.1. The molecule has 0 bridgehead atoms. The Morgan fingerprint density at radius 3 is 2.65 bits per heavy atom. The van der Waals surface area contributed by atoms with Crippen LogP contribution in [-0.2, 0) is 6.54 Å². The average molecular weight is 378 g/mol. The highest BCUT2D eigenvalue weighted by molar-refractivity contribution is 7.09. The molecule has 2 N–H and O–H groups in total. The quantitative estimate of drug-likeness (QED) is 0.574. The maximum Gasteiger partial charge on any atom is 0.191 e. The third-order valence-corrected chi connectivity index (χ3v) is 4.98. The number of hydrogen-bond donors (Lipinski definition) is 2. The molecule has 5 nitrogen and oxygen atoms in total. The Morgan fingerprint density at radius 1 is 1.31 bits per heavy atom. The van der Waals surface area contributed by atoms with Crippen molar-refractivity contribution in [3.63, 3.8) is 0 Å². The van der Waals surface area contributed by atoms with Gasteiger partial charge in [-0.3, -0.25) is 4.99 Å². The SMILES string of the molecule is CN=C(NCc1nc(C(C)C)cs1)NCC(c1cccc(F)c1)N(C)C. The van der Waals surface area contributed by atoms with Gasteiger partial charge in [-0.25, -0.2) is 9.37 Å². The van der Waals surface area contributed by atoms with Crippen LogP contribution < -0.4 is 10.6 Å². The molecule has 26 heavy (non-hydrogen) atoms. The third-order valence-electron chi connectivity index (χ3n) is 4.11. The van der Waals surface area contributed by atoms with Crippen LogP contribution in [0, 0.1) is 5.82 Å². The van der Waals surface area contributed by atoms with E-state index in [1.54, 1.807) is 30.5 Å². The van der Waals surface area contributed by atoms with Crippen molar-refractivity contribution in [3.05, 3.63) is 51.7 Å². The fraction of sp³-hybridized carbons (Fsp3) is 0.474. The van der Waals surface area contributed by atoms with Gasteiger partial charge in [0, 0.05) is 19.0 Å². The number of hydrogen-bond acceptors (Lipinski definition) is 4. The highest BCUT2D eigenvalue weighted by Gasteiger charge is 2.15. The van der Waals surface area contributed by atoms with E-state index in [1.165, 1.54) is 6.07 Å². The van der Waals surface area contributed by atoms with Crippen LogP contribution in [0.1, 0.15) is 42.1 Å². The molecule has 0 saturated carbocycles. The maximum absolute atomic E-state index is 13.5. The number of aromatic nitrogens is 1. The summed E-state index contributed by atoms with van der Waals surface area (Å²) in [6, 6.07) is 6.75. The van der Waals surface area contributed by atoms with Crippen LogP contribution in [-0.4, -0.2) is 43.5 Å². The molecular formula is C19H28FN5S. The number of benzene rings is 1. The van der Waals surface area contributed by atoms with Crippen LogP contribution in [0.4, 0.5) is 4.39 Å². The molecule has 1 aromatic carbocycles. The van der Waals surface area contributed by atoms with E-state index in [1.807, 2.05) is 20.2 Å². The zero-order chi connectivity index (χ0) is 19.1. The Labute approximate surface area is 159 Å². The van der Waals surface area contributed by atoms with Crippen molar-refractivity contribution in [1.29, 1.82) is 0 Å². The van der Waals surface area contributed by atoms with Gasteiger partial charge in [-0.15, -0.1) is 11.3 Å². The molecule has 0 aliphatic rings. The summed E-state index contributed by atoms with van der Waals surface area (Å²) in [5.74, 6) is 0.917. The van der Waals surface area contributed by atoms with E-state index in [0.29, 0.717) is 25.0 Å². The summed E-state index contributed by atoms with van der Waals surface area (Å²) in [6.45, 7) is 5.52. The van der Waals surface area contributed by atoms with Crippen LogP contribution in [0.3, 0.4) is 0 Å². The van der Waals surface area contributed by atoms with E-state index in [4.69, 9.17) is 0 Å². The Morgan fingerprint density at radius 2 is 2.08 bits per heavy atom. The van der Waals surface area contributed by atoms with Gasteiger partial charge in [-0.05, 0) is 37.7 Å². The Bertz CT molecular complexity index is 726. The molecule has 7 heteroatoms. The van der Waals surface area contributed by atoms with E-state index in [0.717, 1.165) is 16.3 Å². The molecule has 1 atom stereocenters. The summed E-state index contributed by atoms with van der Waals surface area (Å²) in [7, 11) is 5.70. The second-order valence-corrected chi connectivity index (χ2v) is 7.60. The molecule has 1 heterocycles. The van der Waals surface area contributed by atoms with Gasteiger partial charge >= 0.3 is 0 Å². The largest absolute Gasteiger partial charge is 0.354 e. The molecule has 2 aromatic rings. The van der Waals surface area contributed by atoms with Gasteiger partial charge in [0.1, 0.15) is 10.8 Å². The number of nitrogens with one attached hydrogen (secondary N) is 2. The number of halogens is 1. The molecule has 2 rings (SSSR count). The fourth-order valence-electron chi connectivity index (χ4n) is 2.56. The first-order valence-corrected chi connectivity index (χ1v) is 9.59. The zero-order valence-corrected chi connectivity index (χ0v) is 16.9. The van der Waals surface area contributed by atoms with Crippen molar-refractivity contribution < 1.29 is 4.39 Å². The van der Waals surface area contributed by atoms with E-state index < -0.39 is 0 Å². The van der Waals surface area contributed by atoms with E-state index >= 15 is 0 Å². The molecule has 0 radical (unpaired) electrons. The Balaban J connectivity index is 1.93. The van der Waals surface area contributed by atoms with Crippen molar-refractivity contribution >= 4 is 17.3 Å². The van der Waals surface area contributed by atoms with Crippen molar-refractivity contribution in [1.82, 2.24) is 20.5 Å². The van der Waals surface area contributed by atoms with Crippen LogP contribution in [0.25, 0.3) is 0 Å². The summed E-state index contributed by atoms with van der Waals surface area (Å²) in [6.07, 6.45) is 0. The fourth-order valence-corrected chi connectivity index (χ4v) is 3.45. The predicted octanol–water partition coefficient (Wildman–Crippen LogP) is 3.37. The lowest BCUT2D eigenvalue weighted by atomic mass is 10.1. The molecule has 0 spiro atoms. The topological polar surface area (TPSA) is 52.6 Å². The van der Waals surface area contributed by atoms with Gasteiger partial charge < -0.3 is 15.5 Å². The minimum Gasteiger partial charge on any atom is -0.354 e. The summed E-state index contributed by atoms with van der Waals surface area (Å²) < 4.78 is 13.5. The smallest absolute Gasteiger partial charge is 0.191 e. The molecule has 0 fully saturated rings. The van der Waals surface area contributed by atoms with Gasteiger partial charge in [-0.2, -0.15) is 0 Å². The summed E-state index contributed by atoms with van der Waals surface area (Å²) >= 11 is 1.65. The summed E-state index contributed by atoms with van der Waals surface area (Å²) in [4.78, 5) is 10.9. The van der Waals surface area contributed by atoms with E-state index in [-0.39, 0.29) is 11.9 Å². The number of aliphatic imine (C=N–C) groups is 1. The van der Waals surface area contributed by atoms with Gasteiger partial charge in [0.15, 0.2) is 5.96 Å². The van der Waals surface area contributed by atoms with Crippen LogP contribution in [0.2, 0.25) is 0 Å². The first-order chi connectivity index (χ1) is 12.4. The van der Waals surface area contributed by atoms with E-state index in [9.17, 15) is 4.39 Å². The lowest BCUT2D eigenvalue weighted by Gasteiger charge is -2.26. The number of guanidine groups is 1. The van der Waals surface area contributed by atoms with Gasteiger partial charge in [0.2, 0.25) is 0 Å². The lowest BCUT2D eigenvalue weighted by Crippen LogP contribution is -2.41. The average Bonchev–Trinajstić information content (AvgIpc) is 3.07. The molecule has 0 amide bonds. The van der Waals surface area contributed by atoms with Crippen LogP contribution >= 0.6 is 11.3 Å². The molecule has 1 unspecified atom stereocenters. The second kappa shape index (κ2) is 9.64. The minimum atomic E-state index is -0.221. The monoisotopic (exact) mass is 377 g/mol. The summed E-state index contributed by atoms with van der Waals surface area (Å²) in [5, 5.41) is 9.74. The van der Waals surface area contributed by atoms with Crippen molar-refractivity contribution in [2.45, 2.75) is 32.4 Å². The normalized spacial score (nSPS) is 13.3. The van der Waals surface area contributed by atoms with Gasteiger partial charge in [0.25, 0.3) is 0 Å². The first-order valence-electron chi connectivity index (χ1n) is 8.71. The third kappa shape index (κ3) is 5.78. The predicted molar refractivity (Wildman–Crippen MR) is 107 cm³/mol. The molecule has 0 saturated heterocycles. The standard InChI is InChI=1S/C19H28FN5S/c1-13(2)16-12-26-18(24-16)11-23-19(21-3)22-10-17(25(4)5)14-7-6-8-15(20)9-14/h6-9,12-13,17H,10-11H2,1-5H3,(H2,21,22,23). The molecule has 0 aliphatic carbocycles. The van der Waals surface area contributed by atoms with Crippen LogP contribution in [0.5, 0.6) is 0 Å². The van der Waals surface area contributed by atoms with Crippen molar-refractivity contribution in [2.75, 3.05) is 27.7 Å². The molecule has 0 aliphatic heterocycles. The number of nitrogens with zero attached hydrogens (tertiary/aromatic N) is 3. The second-order valence-electron chi connectivity index (χ2n) is 6.66. The zero-order valence-electron chi connectivity index (χ0n) is 16.1. The van der Waals surface area contributed by atoms with Gasteiger partial charge in [-0.1, -0.05) is 26.0 Å². The van der Waals surface area contributed by atoms with Crippen LogP contribution in [0.15, 0.2) is 34.6 Å². The molecular weight excluding hydrogens is 349 g/mol. The summed E-state index contributed by atoms with van der Waals surface area (Å²) in [5.41, 5.74) is 2.05. The highest BCUT2D eigenvalue weighted by Crippen LogP contribution is 2.19. The van der Waals surface area contributed by atoms with Crippen molar-refractivity contribution in [3.8, 4) is 0 Å². The van der Waals surface area contributed by atoms with Gasteiger partial charge in [0.05, 0.1) is 18.3 Å². The number of likely N-dealkylation sites (N-methyl/N-ethyl adjacent to an activating group) is 1. The van der Waals surface area contributed by atoms with E-state index in [2.05, 4.69) is 44.7 Å². The lowest BCUT2D eigenvalue weighted by molar-refractivity contribution is 0.297. The number of rotatable bonds is 7. The molecule has 1 aromatic heterocycles. The Hall–Kier alpha value is -1.99.